The molecule has 0 bridgehead atoms. The van der Waals surface area contributed by atoms with E-state index in [0.717, 1.165) is 49.3 Å². The fourth-order valence-corrected chi connectivity index (χ4v) is 4.88. The Morgan fingerprint density at radius 2 is 2.03 bits per heavy atom. The van der Waals surface area contributed by atoms with E-state index in [1.807, 2.05) is 17.9 Å². The Morgan fingerprint density at radius 1 is 1.25 bits per heavy atom. The van der Waals surface area contributed by atoms with E-state index in [9.17, 15) is 15.0 Å². The van der Waals surface area contributed by atoms with Gasteiger partial charge in [0.25, 0.3) is 0 Å². The summed E-state index contributed by atoms with van der Waals surface area (Å²) in [6, 6.07) is 3.60. The molecule has 5 heterocycles. The summed E-state index contributed by atoms with van der Waals surface area (Å²) >= 11 is 0. The summed E-state index contributed by atoms with van der Waals surface area (Å²) in [7, 11) is 0. The molecule has 32 heavy (non-hydrogen) atoms. The number of piperidine rings is 1. The first-order valence-electron chi connectivity index (χ1n) is 10.9. The van der Waals surface area contributed by atoms with Gasteiger partial charge in [0.05, 0.1) is 35.3 Å². The number of carbonyl (C=O) groups is 1. The van der Waals surface area contributed by atoms with E-state index in [1.165, 1.54) is 11.0 Å². The number of carbonyl (C=O) groups excluding carboxylic acids is 1. The van der Waals surface area contributed by atoms with Crippen LogP contribution in [0.25, 0.3) is 5.69 Å². The number of amides is 1. The number of tetrazole rings is 1. The number of nitrogens with zero attached hydrogens (tertiary/aromatic N) is 7. The number of aliphatic hydroxyl groups is 2. The molecule has 1 unspecified atom stereocenters. The molecule has 3 aliphatic heterocycles. The van der Waals surface area contributed by atoms with Gasteiger partial charge in [-0.05, 0) is 61.8 Å². The van der Waals surface area contributed by atoms with E-state index < -0.39 is 12.4 Å². The van der Waals surface area contributed by atoms with Gasteiger partial charge in [0.1, 0.15) is 12.4 Å². The Labute approximate surface area is 185 Å². The van der Waals surface area contributed by atoms with Crippen LogP contribution in [0.2, 0.25) is 0 Å². The van der Waals surface area contributed by atoms with Crippen LogP contribution < -0.4 is 0 Å². The molecule has 5 rings (SSSR count). The van der Waals surface area contributed by atoms with Gasteiger partial charge in [-0.15, -0.1) is 5.10 Å². The summed E-state index contributed by atoms with van der Waals surface area (Å²) in [5.74, 6) is 0.143. The Bertz CT molecular complexity index is 1000. The third-order valence-electron chi connectivity index (χ3n) is 7.01. The van der Waals surface area contributed by atoms with Gasteiger partial charge in [-0.3, -0.25) is 9.78 Å². The van der Waals surface area contributed by atoms with Gasteiger partial charge in [0, 0.05) is 18.7 Å². The summed E-state index contributed by atoms with van der Waals surface area (Å²) in [5, 5.41) is 31.5. The molecule has 0 radical (unpaired) electrons. The van der Waals surface area contributed by atoms with Gasteiger partial charge in [0.15, 0.2) is 6.29 Å². The fourth-order valence-electron chi connectivity index (χ4n) is 4.88. The van der Waals surface area contributed by atoms with Gasteiger partial charge in [-0.2, -0.15) is 4.68 Å². The Balaban J connectivity index is 1.18. The number of hydrogen-bond acceptors (Lipinski definition) is 9. The van der Waals surface area contributed by atoms with Crippen molar-refractivity contribution in [3.05, 3.63) is 41.6 Å². The first-order chi connectivity index (χ1) is 15.5. The molecule has 11 nitrogen and oxygen atoms in total. The monoisotopic (exact) mass is 441 g/mol. The lowest BCUT2D eigenvalue weighted by molar-refractivity contribution is -0.137. The maximum atomic E-state index is 13.3. The minimum atomic E-state index is -0.909. The average Bonchev–Trinajstić information content (AvgIpc) is 3.53. The number of ether oxygens (including phenoxy) is 1. The van der Waals surface area contributed by atoms with Gasteiger partial charge in [-0.1, -0.05) is 0 Å². The van der Waals surface area contributed by atoms with Crippen molar-refractivity contribution in [3.8, 4) is 5.69 Å². The summed E-state index contributed by atoms with van der Waals surface area (Å²) < 4.78 is 6.79. The third-order valence-corrected chi connectivity index (χ3v) is 7.01. The van der Waals surface area contributed by atoms with Crippen LogP contribution in [0.3, 0.4) is 0 Å². The molecule has 2 aromatic rings. The van der Waals surface area contributed by atoms with E-state index in [4.69, 9.17) is 4.74 Å². The van der Waals surface area contributed by atoms with Crippen molar-refractivity contribution >= 4 is 5.91 Å². The number of aliphatic hydroxyl groups excluding tert-OH is 2. The van der Waals surface area contributed by atoms with Crippen LogP contribution in [0.15, 0.2) is 35.9 Å². The highest BCUT2D eigenvalue weighted by atomic mass is 16.6. The van der Waals surface area contributed by atoms with E-state index >= 15 is 0 Å². The van der Waals surface area contributed by atoms with Crippen LogP contribution in [0.4, 0.5) is 0 Å². The molecule has 2 atom stereocenters. The molecule has 3 aliphatic rings. The van der Waals surface area contributed by atoms with Crippen molar-refractivity contribution in [1.29, 1.82) is 0 Å². The van der Waals surface area contributed by atoms with E-state index in [2.05, 4.69) is 25.4 Å². The molecule has 0 saturated carbocycles. The van der Waals surface area contributed by atoms with Crippen LogP contribution in [-0.2, 0) is 9.53 Å². The molecule has 2 N–H and O–H groups in total. The largest absolute Gasteiger partial charge is 0.385 e. The smallest absolute Gasteiger partial charge is 0.233 e. The number of rotatable bonds is 5. The molecule has 2 saturated heterocycles. The highest BCUT2D eigenvalue weighted by Crippen LogP contribution is 2.44. The van der Waals surface area contributed by atoms with E-state index in [0.29, 0.717) is 18.8 Å². The molecule has 2 fully saturated rings. The standard InChI is InChI=1S/C21H27N7O4/c1-14-17(12-32-19(14)30)27-9-6-21(20(27)31)4-7-26(8-5-21)11-18(29)16-3-2-15(10-22-16)28-13-23-24-25-28/h2-3,10,13,18-19,29-30H,4-9,11-12H2,1H3/t18-,19?/m1/s1. The van der Waals surface area contributed by atoms with Crippen LogP contribution in [0.5, 0.6) is 0 Å². The van der Waals surface area contributed by atoms with Crippen LogP contribution in [0, 0.1) is 5.41 Å². The molecular formula is C21H27N7O4. The van der Waals surface area contributed by atoms with Crippen LogP contribution >= 0.6 is 0 Å². The SMILES string of the molecule is CC1=C(N2CCC3(CCN(C[C@@H](O)c4ccc(-n5cnnn5)cn4)CC3)C2=O)COC1O. The van der Waals surface area contributed by atoms with E-state index in [1.54, 1.807) is 12.3 Å². The third kappa shape index (κ3) is 3.71. The first kappa shape index (κ1) is 21.1. The number of pyridine rings is 1. The normalized spacial score (nSPS) is 24.7. The predicted octanol–water partition coefficient (Wildman–Crippen LogP) is 0.0278. The number of hydrogen-bond donors (Lipinski definition) is 2. The molecular weight excluding hydrogens is 414 g/mol. The van der Waals surface area contributed by atoms with Crippen molar-refractivity contribution in [2.24, 2.45) is 5.41 Å². The molecule has 2 aromatic heterocycles. The lowest BCUT2D eigenvalue weighted by atomic mass is 9.77. The Kier molecular flexibility index (Phi) is 5.49. The van der Waals surface area contributed by atoms with Gasteiger partial charge >= 0.3 is 0 Å². The summed E-state index contributed by atoms with van der Waals surface area (Å²) in [6.07, 6.45) is 3.83. The number of β-amino-alcohol motifs (C(OH)–C–C–N with tert-alkyl or cyclic N) is 1. The van der Waals surface area contributed by atoms with E-state index in [-0.39, 0.29) is 17.9 Å². The maximum absolute atomic E-state index is 13.3. The minimum absolute atomic E-state index is 0.143. The van der Waals surface area contributed by atoms with Crippen molar-refractivity contribution in [2.75, 3.05) is 32.8 Å². The molecule has 11 heteroatoms. The second kappa shape index (κ2) is 8.32. The highest BCUT2D eigenvalue weighted by Gasteiger charge is 2.49. The summed E-state index contributed by atoms with van der Waals surface area (Å²) in [5.41, 5.74) is 2.50. The minimum Gasteiger partial charge on any atom is -0.385 e. The average molecular weight is 441 g/mol. The zero-order chi connectivity index (χ0) is 22.3. The second-order valence-electron chi connectivity index (χ2n) is 8.79. The maximum Gasteiger partial charge on any atom is 0.233 e. The number of likely N-dealkylation sites (tertiary alicyclic amines) is 2. The highest BCUT2D eigenvalue weighted by molar-refractivity contribution is 5.86. The summed E-state index contributed by atoms with van der Waals surface area (Å²) in [4.78, 5) is 21.6. The van der Waals surface area contributed by atoms with Gasteiger partial charge < -0.3 is 24.7 Å². The van der Waals surface area contributed by atoms with Crippen molar-refractivity contribution in [1.82, 2.24) is 35.0 Å². The van der Waals surface area contributed by atoms with Gasteiger partial charge in [-0.25, -0.2) is 0 Å². The second-order valence-corrected chi connectivity index (χ2v) is 8.79. The van der Waals surface area contributed by atoms with Crippen molar-refractivity contribution < 1.29 is 19.7 Å². The van der Waals surface area contributed by atoms with Crippen molar-refractivity contribution in [3.63, 3.8) is 0 Å². The fraction of sp³-hybridized carbons (Fsp3) is 0.571. The molecule has 0 aromatic carbocycles. The lowest BCUT2D eigenvalue weighted by Crippen LogP contribution is -2.45. The van der Waals surface area contributed by atoms with Crippen molar-refractivity contribution in [2.45, 2.75) is 38.6 Å². The Morgan fingerprint density at radius 3 is 2.66 bits per heavy atom. The quantitative estimate of drug-likeness (QED) is 0.660. The Hall–Kier alpha value is -2.73. The van der Waals surface area contributed by atoms with Crippen LogP contribution in [0.1, 0.15) is 38.0 Å². The zero-order valence-corrected chi connectivity index (χ0v) is 18.0. The number of aromatic nitrogens is 5. The zero-order valence-electron chi connectivity index (χ0n) is 18.0. The van der Waals surface area contributed by atoms with Gasteiger partial charge in [0.2, 0.25) is 5.91 Å². The topological polar surface area (TPSA) is 130 Å². The molecule has 1 amide bonds. The molecule has 0 aliphatic carbocycles. The molecule has 170 valence electrons. The first-order valence-corrected chi connectivity index (χ1v) is 10.9. The van der Waals surface area contributed by atoms with Crippen LogP contribution in [-0.4, -0.2) is 90.2 Å². The lowest BCUT2D eigenvalue weighted by Gasteiger charge is -2.38. The molecule has 1 spiro atoms. The summed E-state index contributed by atoms with van der Waals surface area (Å²) in [6.45, 7) is 4.73. The predicted molar refractivity (Wildman–Crippen MR) is 111 cm³/mol.